The quantitative estimate of drug-likeness (QED) is 0.854. The number of amides is 1. The van der Waals surface area contributed by atoms with Crippen molar-refractivity contribution in [3.8, 4) is 0 Å². The maximum atomic E-state index is 12.2. The van der Waals surface area contributed by atoms with E-state index >= 15 is 0 Å². The summed E-state index contributed by atoms with van der Waals surface area (Å²) in [5, 5.41) is 3.19. The zero-order valence-electron chi connectivity index (χ0n) is 15.6. The molecule has 26 heavy (non-hydrogen) atoms. The summed E-state index contributed by atoms with van der Waals surface area (Å²) < 4.78 is 0. The lowest BCUT2D eigenvalue weighted by Crippen LogP contribution is -2.39. The van der Waals surface area contributed by atoms with E-state index in [2.05, 4.69) is 26.8 Å². The number of likely N-dealkylation sites (tertiary alicyclic amines) is 1. The fraction of sp³-hybridized carbons (Fsp3) is 0.400. The minimum absolute atomic E-state index is 0.0470. The number of carbonyl (C=O) groups is 1. The van der Waals surface area contributed by atoms with Gasteiger partial charge in [0.1, 0.15) is 5.82 Å². The number of anilines is 2. The van der Waals surface area contributed by atoms with Crippen molar-refractivity contribution in [1.29, 1.82) is 0 Å². The van der Waals surface area contributed by atoms with Gasteiger partial charge < -0.3 is 10.2 Å². The molecule has 1 aliphatic heterocycles. The predicted octanol–water partition coefficient (Wildman–Crippen LogP) is 3.51. The first-order valence-corrected chi connectivity index (χ1v) is 8.92. The third kappa shape index (κ3) is 4.25. The fourth-order valence-electron chi connectivity index (χ4n) is 3.37. The molecule has 3 heterocycles. The van der Waals surface area contributed by atoms with E-state index in [-0.39, 0.29) is 5.91 Å². The van der Waals surface area contributed by atoms with Crippen LogP contribution in [0, 0.1) is 13.8 Å². The first-order chi connectivity index (χ1) is 12.4. The Morgan fingerprint density at radius 2 is 2.00 bits per heavy atom. The van der Waals surface area contributed by atoms with Crippen LogP contribution in [0.4, 0.5) is 11.8 Å². The van der Waals surface area contributed by atoms with E-state index in [9.17, 15) is 4.79 Å². The molecular formula is C20H25N5O. The van der Waals surface area contributed by atoms with Gasteiger partial charge in [-0.05, 0) is 57.4 Å². The average molecular weight is 351 g/mol. The van der Waals surface area contributed by atoms with Gasteiger partial charge in [-0.1, -0.05) is 6.58 Å². The molecule has 0 spiro atoms. The molecule has 0 saturated carbocycles. The van der Waals surface area contributed by atoms with Gasteiger partial charge in [-0.15, -0.1) is 0 Å². The lowest BCUT2D eigenvalue weighted by atomic mass is 9.91. The molecule has 3 rings (SSSR count). The first kappa shape index (κ1) is 18.0. The van der Waals surface area contributed by atoms with Crippen molar-refractivity contribution in [2.45, 2.75) is 39.5 Å². The van der Waals surface area contributed by atoms with Crippen molar-refractivity contribution in [3.63, 3.8) is 0 Å². The van der Waals surface area contributed by atoms with E-state index in [1.807, 2.05) is 36.9 Å². The Morgan fingerprint density at radius 3 is 2.69 bits per heavy atom. The molecule has 2 aromatic rings. The Morgan fingerprint density at radius 1 is 1.27 bits per heavy atom. The van der Waals surface area contributed by atoms with E-state index in [0.29, 0.717) is 17.4 Å². The van der Waals surface area contributed by atoms with Crippen LogP contribution in [0.1, 0.15) is 42.6 Å². The van der Waals surface area contributed by atoms with Crippen molar-refractivity contribution in [1.82, 2.24) is 19.9 Å². The van der Waals surface area contributed by atoms with Crippen LogP contribution < -0.4 is 5.32 Å². The minimum Gasteiger partial charge on any atom is -0.338 e. The lowest BCUT2D eigenvalue weighted by molar-refractivity contribution is -0.128. The van der Waals surface area contributed by atoms with Crippen molar-refractivity contribution >= 4 is 17.7 Å². The standard InChI is InChI=1S/C20H25N5O/c1-13(2)19(26)25-9-5-6-17(12-25)16-7-8-21-18(11-16)24-20-22-14(3)10-15(4)23-20/h7-8,10-11,17H,1,5-6,9,12H2,2-4H3,(H,21,22,23,24). The number of piperidine rings is 1. The van der Waals surface area contributed by atoms with Gasteiger partial charge in [-0.2, -0.15) is 0 Å². The van der Waals surface area contributed by atoms with E-state index in [4.69, 9.17) is 0 Å². The molecule has 1 aliphatic rings. The Labute approximate surface area is 154 Å². The molecular weight excluding hydrogens is 326 g/mol. The zero-order chi connectivity index (χ0) is 18.7. The van der Waals surface area contributed by atoms with E-state index in [1.165, 1.54) is 5.56 Å². The molecule has 136 valence electrons. The third-order valence-electron chi connectivity index (χ3n) is 4.55. The number of hydrogen-bond donors (Lipinski definition) is 1. The first-order valence-electron chi connectivity index (χ1n) is 8.92. The second kappa shape index (κ2) is 7.64. The summed E-state index contributed by atoms with van der Waals surface area (Å²) in [6.07, 6.45) is 3.85. The van der Waals surface area contributed by atoms with Gasteiger partial charge >= 0.3 is 0 Å². The van der Waals surface area contributed by atoms with Crippen LogP contribution in [0.3, 0.4) is 0 Å². The van der Waals surface area contributed by atoms with Gasteiger partial charge in [0.15, 0.2) is 0 Å². The number of nitrogens with zero attached hydrogens (tertiary/aromatic N) is 4. The van der Waals surface area contributed by atoms with Crippen LogP contribution in [0.25, 0.3) is 0 Å². The van der Waals surface area contributed by atoms with Crippen molar-refractivity contribution in [2.75, 3.05) is 18.4 Å². The number of rotatable bonds is 4. The molecule has 0 aromatic carbocycles. The Bertz CT molecular complexity index is 812. The molecule has 6 nitrogen and oxygen atoms in total. The summed E-state index contributed by atoms with van der Waals surface area (Å²) in [6.45, 7) is 11.0. The lowest BCUT2D eigenvalue weighted by Gasteiger charge is -2.33. The summed E-state index contributed by atoms with van der Waals surface area (Å²) >= 11 is 0. The highest BCUT2D eigenvalue weighted by molar-refractivity contribution is 5.92. The van der Waals surface area contributed by atoms with Crippen molar-refractivity contribution in [3.05, 3.63) is 53.5 Å². The smallest absolute Gasteiger partial charge is 0.248 e. The molecule has 1 fully saturated rings. The highest BCUT2D eigenvalue weighted by atomic mass is 16.2. The molecule has 0 bridgehead atoms. The summed E-state index contributed by atoms with van der Waals surface area (Å²) in [5.74, 6) is 1.62. The topological polar surface area (TPSA) is 71.0 Å². The highest BCUT2D eigenvalue weighted by Gasteiger charge is 2.25. The van der Waals surface area contributed by atoms with Crippen molar-refractivity contribution < 1.29 is 4.79 Å². The maximum Gasteiger partial charge on any atom is 0.248 e. The number of aryl methyl sites for hydroxylation is 2. The number of aromatic nitrogens is 3. The van der Waals surface area contributed by atoms with E-state index in [0.717, 1.165) is 43.1 Å². The van der Waals surface area contributed by atoms with Crippen LogP contribution in [-0.4, -0.2) is 38.8 Å². The normalized spacial score (nSPS) is 17.0. The zero-order valence-corrected chi connectivity index (χ0v) is 15.6. The average Bonchev–Trinajstić information content (AvgIpc) is 2.60. The molecule has 0 aliphatic carbocycles. The predicted molar refractivity (Wildman–Crippen MR) is 102 cm³/mol. The molecule has 6 heteroatoms. The van der Waals surface area contributed by atoms with Gasteiger partial charge in [0.05, 0.1) is 0 Å². The van der Waals surface area contributed by atoms with Crippen LogP contribution in [0.2, 0.25) is 0 Å². The van der Waals surface area contributed by atoms with Gasteiger partial charge in [-0.25, -0.2) is 15.0 Å². The minimum atomic E-state index is 0.0470. The van der Waals surface area contributed by atoms with Crippen LogP contribution in [0.15, 0.2) is 36.5 Å². The Kier molecular flexibility index (Phi) is 5.30. The van der Waals surface area contributed by atoms with Crippen LogP contribution in [0.5, 0.6) is 0 Å². The highest BCUT2D eigenvalue weighted by Crippen LogP contribution is 2.28. The largest absolute Gasteiger partial charge is 0.338 e. The molecule has 1 saturated heterocycles. The Balaban J connectivity index is 1.76. The molecule has 0 radical (unpaired) electrons. The Hall–Kier alpha value is -2.76. The molecule has 1 amide bonds. The second-order valence-electron chi connectivity index (χ2n) is 6.94. The maximum absolute atomic E-state index is 12.2. The van der Waals surface area contributed by atoms with Gasteiger partial charge in [-0.3, -0.25) is 4.79 Å². The summed E-state index contributed by atoms with van der Waals surface area (Å²) in [6, 6.07) is 5.98. The van der Waals surface area contributed by atoms with Crippen LogP contribution >= 0.6 is 0 Å². The fourth-order valence-corrected chi connectivity index (χ4v) is 3.37. The summed E-state index contributed by atoms with van der Waals surface area (Å²) in [7, 11) is 0. The summed E-state index contributed by atoms with van der Waals surface area (Å²) in [5.41, 5.74) is 3.59. The number of hydrogen-bond acceptors (Lipinski definition) is 5. The van der Waals surface area contributed by atoms with Crippen LogP contribution in [-0.2, 0) is 4.79 Å². The molecule has 1 unspecified atom stereocenters. The third-order valence-corrected chi connectivity index (χ3v) is 4.55. The van der Waals surface area contributed by atoms with E-state index in [1.54, 1.807) is 13.1 Å². The number of carbonyl (C=O) groups excluding carboxylic acids is 1. The van der Waals surface area contributed by atoms with E-state index < -0.39 is 0 Å². The molecule has 1 N–H and O–H groups in total. The SMILES string of the molecule is C=C(C)C(=O)N1CCCC(c2ccnc(Nc3nc(C)cc(C)n3)c2)C1. The van der Waals surface area contributed by atoms with Gasteiger partial charge in [0, 0.05) is 42.2 Å². The van der Waals surface area contributed by atoms with Gasteiger partial charge in [0.25, 0.3) is 0 Å². The number of pyridine rings is 1. The van der Waals surface area contributed by atoms with Gasteiger partial charge in [0.2, 0.25) is 11.9 Å². The molecule has 2 aromatic heterocycles. The monoisotopic (exact) mass is 351 g/mol. The second-order valence-corrected chi connectivity index (χ2v) is 6.94. The molecule has 1 atom stereocenters. The number of nitrogens with one attached hydrogen (secondary N) is 1. The van der Waals surface area contributed by atoms with Crippen molar-refractivity contribution in [2.24, 2.45) is 0 Å². The summed E-state index contributed by atoms with van der Waals surface area (Å²) in [4.78, 5) is 27.3.